The second-order valence-corrected chi connectivity index (χ2v) is 4.09. The highest BCUT2D eigenvalue weighted by Gasteiger charge is 2.10. The number of benzene rings is 2. The van der Waals surface area contributed by atoms with Crippen LogP contribution in [0.1, 0.15) is 0 Å². The average molecular weight is 262 g/mol. The molecular weight excluding hydrogens is 255 g/mol. The van der Waals surface area contributed by atoms with E-state index in [1.165, 1.54) is 18.4 Å². The lowest BCUT2D eigenvalue weighted by Crippen LogP contribution is -1.86. The van der Waals surface area contributed by atoms with Crippen LogP contribution in [0.2, 0.25) is 5.02 Å². The van der Waals surface area contributed by atoms with Crippen molar-refractivity contribution in [2.24, 2.45) is 0 Å². The Kier molecular flexibility index (Phi) is 2.68. The summed E-state index contributed by atoms with van der Waals surface area (Å²) >= 11 is 5.81. The number of rotatable bonds is 2. The van der Waals surface area contributed by atoms with Crippen molar-refractivity contribution in [3.05, 3.63) is 59.6 Å². The Bertz CT molecular complexity index is 706. The molecule has 0 atom stereocenters. The fourth-order valence-electron chi connectivity index (χ4n) is 1.69. The number of fused-ring (bicyclic) bond motifs is 1. The molecule has 1 radical (unpaired) electrons. The van der Waals surface area contributed by atoms with Crippen LogP contribution in [0.3, 0.4) is 0 Å². The first kappa shape index (κ1) is 11.1. The molecule has 0 aliphatic heterocycles. The molecule has 0 amide bonds. The lowest BCUT2D eigenvalue weighted by molar-refractivity contribution is 0.471. The summed E-state index contributed by atoms with van der Waals surface area (Å²) in [4.78, 5) is 0. The molecule has 0 unspecified atom stereocenters. The minimum atomic E-state index is -0.342. The van der Waals surface area contributed by atoms with Gasteiger partial charge in [-0.3, -0.25) is 0 Å². The minimum absolute atomic E-state index is 0.342. The van der Waals surface area contributed by atoms with Crippen molar-refractivity contribution < 1.29 is 13.5 Å². The Labute approximate surface area is 108 Å². The summed E-state index contributed by atoms with van der Waals surface area (Å²) in [6, 6.07) is 12.2. The number of hydrogen-bond acceptors (Lipinski definition) is 2. The van der Waals surface area contributed by atoms with Crippen LogP contribution in [-0.2, 0) is 0 Å². The van der Waals surface area contributed by atoms with E-state index in [-0.39, 0.29) is 5.82 Å². The molecule has 0 fully saturated rings. The highest BCUT2D eigenvalue weighted by molar-refractivity contribution is 6.30. The monoisotopic (exact) mass is 261 g/mol. The van der Waals surface area contributed by atoms with Gasteiger partial charge in [0.1, 0.15) is 11.6 Å². The van der Waals surface area contributed by atoms with Crippen molar-refractivity contribution in [3.8, 4) is 11.5 Å². The zero-order valence-electron chi connectivity index (χ0n) is 9.11. The molecule has 3 aromatic rings. The van der Waals surface area contributed by atoms with E-state index >= 15 is 0 Å². The maximum Gasteiger partial charge on any atom is 0.179 e. The minimum Gasteiger partial charge on any atom is -0.460 e. The van der Waals surface area contributed by atoms with E-state index < -0.39 is 0 Å². The van der Waals surface area contributed by atoms with Gasteiger partial charge in [-0.25, -0.2) is 4.39 Å². The van der Waals surface area contributed by atoms with Gasteiger partial charge in [0.15, 0.2) is 11.3 Å². The van der Waals surface area contributed by atoms with Gasteiger partial charge < -0.3 is 9.15 Å². The Balaban J connectivity index is 2.05. The van der Waals surface area contributed by atoms with Gasteiger partial charge >= 0.3 is 0 Å². The fraction of sp³-hybridized carbons (Fsp3) is 0. The average Bonchev–Trinajstić information content (AvgIpc) is 2.83. The molecular formula is C14H7ClFO2. The van der Waals surface area contributed by atoms with Crippen molar-refractivity contribution in [1.82, 2.24) is 0 Å². The summed E-state index contributed by atoms with van der Waals surface area (Å²) < 4.78 is 24.3. The molecule has 18 heavy (non-hydrogen) atoms. The first-order valence-corrected chi connectivity index (χ1v) is 5.62. The van der Waals surface area contributed by atoms with Crippen molar-refractivity contribution in [2.75, 3.05) is 0 Å². The maximum absolute atomic E-state index is 13.5. The van der Waals surface area contributed by atoms with Gasteiger partial charge in [-0.05, 0) is 30.3 Å². The van der Waals surface area contributed by atoms with Gasteiger partial charge in [0.25, 0.3) is 0 Å². The molecule has 2 aromatic carbocycles. The van der Waals surface area contributed by atoms with Crippen molar-refractivity contribution in [2.45, 2.75) is 0 Å². The van der Waals surface area contributed by atoms with E-state index in [2.05, 4.69) is 6.07 Å². The lowest BCUT2D eigenvalue weighted by atomic mass is 10.2. The third-order valence-electron chi connectivity index (χ3n) is 2.49. The quantitative estimate of drug-likeness (QED) is 0.660. The largest absolute Gasteiger partial charge is 0.460 e. The van der Waals surface area contributed by atoms with E-state index in [9.17, 15) is 4.39 Å². The topological polar surface area (TPSA) is 22.4 Å². The van der Waals surface area contributed by atoms with Crippen LogP contribution >= 0.6 is 11.6 Å². The Hall–Kier alpha value is -2.00. The van der Waals surface area contributed by atoms with Crippen LogP contribution in [0.15, 0.2) is 47.1 Å². The predicted octanol–water partition coefficient (Wildman–Crippen LogP) is 4.82. The van der Waals surface area contributed by atoms with E-state index in [0.717, 1.165) is 0 Å². The van der Waals surface area contributed by atoms with Gasteiger partial charge in [0, 0.05) is 12.1 Å². The zero-order valence-corrected chi connectivity index (χ0v) is 9.87. The molecule has 0 aliphatic rings. The first-order valence-electron chi connectivity index (χ1n) is 5.25. The summed E-state index contributed by atoms with van der Waals surface area (Å²) in [5.74, 6) is 0.646. The number of hydrogen-bond donors (Lipinski definition) is 0. The van der Waals surface area contributed by atoms with Crippen LogP contribution < -0.4 is 4.74 Å². The molecule has 2 nitrogen and oxygen atoms in total. The van der Waals surface area contributed by atoms with Crippen molar-refractivity contribution in [1.29, 1.82) is 0 Å². The van der Waals surface area contributed by atoms with Crippen molar-refractivity contribution >= 4 is 22.6 Å². The van der Waals surface area contributed by atoms with Crippen LogP contribution in [0.4, 0.5) is 4.39 Å². The maximum atomic E-state index is 13.5. The van der Waals surface area contributed by atoms with Crippen LogP contribution in [-0.4, -0.2) is 0 Å². The molecule has 0 saturated heterocycles. The highest BCUT2D eigenvalue weighted by atomic mass is 35.5. The lowest BCUT2D eigenvalue weighted by Gasteiger charge is -2.06. The molecule has 1 heterocycles. The smallest absolute Gasteiger partial charge is 0.179 e. The molecule has 0 spiro atoms. The van der Waals surface area contributed by atoms with Crippen LogP contribution in [0.25, 0.3) is 11.0 Å². The summed E-state index contributed by atoms with van der Waals surface area (Å²) in [7, 11) is 0. The molecule has 89 valence electrons. The molecule has 1 aromatic heterocycles. The first-order chi connectivity index (χ1) is 8.74. The van der Waals surface area contributed by atoms with E-state index in [1.54, 1.807) is 24.3 Å². The van der Waals surface area contributed by atoms with Gasteiger partial charge in [0.05, 0.1) is 16.7 Å². The summed E-state index contributed by atoms with van der Waals surface area (Å²) in [5.41, 5.74) is 0.374. The molecule has 0 bridgehead atoms. The second kappa shape index (κ2) is 4.35. The Morgan fingerprint density at radius 3 is 2.94 bits per heavy atom. The predicted molar refractivity (Wildman–Crippen MR) is 66.5 cm³/mol. The van der Waals surface area contributed by atoms with E-state index in [1.807, 2.05) is 0 Å². The Morgan fingerprint density at radius 1 is 1.22 bits per heavy atom. The zero-order chi connectivity index (χ0) is 12.5. The number of ether oxygens (including phenoxy) is 1. The van der Waals surface area contributed by atoms with Crippen LogP contribution in [0.5, 0.6) is 11.5 Å². The molecule has 0 saturated carbocycles. The number of halogens is 2. The van der Waals surface area contributed by atoms with Gasteiger partial charge in [-0.2, -0.15) is 0 Å². The normalized spacial score (nSPS) is 10.8. The van der Waals surface area contributed by atoms with Gasteiger partial charge in [-0.15, -0.1) is 0 Å². The fourth-order valence-corrected chi connectivity index (χ4v) is 1.86. The highest BCUT2D eigenvalue weighted by Crippen LogP contribution is 2.32. The van der Waals surface area contributed by atoms with E-state index in [0.29, 0.717) is 27.5 Å². The van der Waals surface area contributed by atoms with Crippen LogP contribution in [0, 0.1) is 11.9 Å². The third-order valence-corrected chi connectivity index (χ3v) is 2.71. The number of furan rings is 1. The van der Waals surface area contributed by atoms with E-state index in [4.69, 9.17) is 20.8 Å². The summed E-state index contributed by atoms with van der Waals surface area (Å²) in [6.07, 6.45) is 1.42. The third kappa shape index (κ3) is 1.93. The van der Waals surface area contributed by atoms with Gasteiger partial charge in [-0.1, -0.05) is 11.6 Å². The van der Waals surface area contributed by atoms with Gasteiger partial charge in [0.2, 0.25) is 0 Å². The molecule has 3 rings (SSSR count). The summed E-state index contributed by atoms with van der Waals surface area (Å²) in [6.45, 7) is 0. The molecule has 0 N–H and O–H groups in total. The second-order valence-electron chi connectivity index (χ2n) is 3.68. The summed E-state index contributed by atoms with van der Waals surface area (Å²) in [5, 5.41) is 0.839. The molecule has 0 aliphatic carbocycles. The Morgan fingerprint density at radius 2 is 2.11 bits per heavy atom. The SMILES string of the molecule is Fc1ccc(Oc2cc[c]c(Cl)c2)c2occc12. The molecule has 4 heteroatoms. The van der Waals surface area contributed by atoms with Crippen molar-refractivity contribution in [3.63, 3.8) is 0 Å². The standard InChI is InChI=1S/C14H7ClFO2/c15-9-2-1-3-10(8-9)18-13-5-4-12(16)11-6-7-17-14(11)13/h1,3-8H.